The van der Waals surface area contributed by atoms with Crippen LogP contribution < -0.4 is 5.32 Å². The molecule has 1 aliphatic rings. The summed E-state index contributed by atoms with van der Waals surface area (Å²) < 4.78 is 0. The van der Waals surface area contributed by atoms with E-state index in [-0.39, 0.29) is 0 Å². The molecule has 0 radical (unpaired) electrons. The number of aromatic nitrogens is 1. The molecule has 4 heteroatoms. The molecule has 0 amide bonds. The highest BCUT2D eigenvalue weighted by Gasteiger charge is 2.28. The van der Waals surface area contributed by atoms with Gasteiger partial charge in [-0.25, -0.2) is 4.98 Å². The summed E-state index contributed by atoms with van der Waals surface area (Å²) in [5.74, 6) is 0.642. The van der Waals surface area contributed by atoms with Gasteiger partial charge in [0.25, 0.3) is 0 Å². The van der Waals surface area contributed by atoms with Gasteiger partial charge >= 0.3 is 0 Å². The second kappa shape index (κ2) is 5.23. The van der Waals surface area contributed by atoms with Gasteiger partial charge in [0.2, 0.25) is 0 Å². The monoisotopic (exact) mass is 253 g/mol. The lowest BCUT2D eigenvalue weighted by Crippen LogP contribution is -2.48. The van der Waals surface area contributed by atoms with Crippen molar-refractivity contribution in [3.63, 3.8) is 0 Å². The van der Waals surface area contributed by atoms with E-state index >= 15 is 0 Å². The Balaban J connectivity index is 2.03. The van der Waals surface area contributed by atoms with Crippen LogP contribution in [-0.4, -0.2) is 35.6 Å². The molecule has 2 heterocycles. The minimum absolute atomic E-state index is 0.514. The Morgan fingerprint density at radius 2 is 2.24 bits per heavy atom. The molecule has 0 spiro atoms. The molecule has 0 aromatic carbocycles. The third kappa shape index (κ3) is 3.11. The summed E-state index contributed by atoms with van der Waals surface area (Å²) in [6, 6.07) is 5.00. The molecule has 1 aromatic rings. The lowest BCUT2D eigenvalue weighted by molar-refractivity contribution is 0.145. The lowest BCUT2D eigenvalue weighted by atomic mass is 9.90. The van der Waals surface area contributed by atoms with Crippen LogP contribution in [0, 0.1) is 5.92 Å². The van der Waals surface area contributed by atoms with E-state index in [9.17, 15) is 0 Å². The van der Waals surface area contributed by atoms with E-state index in [4.69, 9.17) is 11.6 Å². The van der Waals surface area contributed by atoms with Crippen molar-refractivity contribution < 1.29 is 0 Å². The highest BCUT2D eigenvalue weighted by molar-refractivity contribution is 6.29. The summed E-state index contributed by atoms with van der Waals surface area (Å²) in [6.45, 7) is 5.71. The topological polar surface area (TPSA) is 28.2 Å². The van der Waals surface area contributed by atoms with Crippen LogP contribution in [-0.2, 0) is 0 Å². The molecule has 0 bridgehead atoms. The highest BCUT2D eigenvalue weighted by atomic mass is 35.5. The minimum Gasteiger partial charge on any atom is -0.382 e. The summed E-state index contributed by atoms with van der Waals surface area (Å²) >= 11 is 5.89. The van der Waals surface area contributed by atoms with Gasteiger partial charge < -0.3 is 10.2 Å². The van der Waals surface area contributed by atoms with Gasteiger partial charge in [0.05, 0.1) is 0 Å². The average Bonchev–Trinajstić information content (AvgIpc) is 2.26. The van der Waals surface area contributed by atoms with E-state index in [1.54, 1.807) is 6.20 Å². The largest absolute Gasteiger partial charge is 0.382 e. The first kappa shape index (κ1) is 12.7. The number of nitrogens with zero attached hydrogens (tertiary/aromatic N) is 2. The van der Waals surface area contributed by atoms with E-state index in [2.05, 4.69) is 36.1 Å². The van der Waals surface area contributed by atoms with Gasteiger partial charge in [-0.3, -0.25) is 0 Å². The number of pyridine rings is 1. The predicted molar refractivity (Wildman–Crippen MR) is 72.5 cm³/mol. The first-order chi connectivity index (χ1) is 8.06. The van der Waals surface area contributed by atoms with Crippen LogP contribution in [0.15, 0.2) is 18.3 Å². The number of rotatable bonds is 2. The maximum atomic E-state index is 5.89. The number of nitrogens with one attached hydrogen (secondary N) is 1. The third-order valence-corrected chi connectivity index (χ3v) is 3.90. The zero-order chi connectivity index (χ0) is 12.4. The molecule has 94 valence electrons. The van der Waals surface area contributed by atoms with Gasteiger partial charge in [-0.15, -0.1) is 0 Å². The zero-order valence-electron chi connectivity index (χ0n) is 10.7. The Kier molecular flexibility index (Phi) is 3.89. The lowest BCUT2D eigenvalue weighted by Gasteiger charge is -2.40. The van der Waals surface area contributed by atoms with Crippen molar-refractivity contribution in [1.82, 2.24) is 9.88 Å². The Bertz CT molecular complexity index is 383. The SMILES string of the molecule is CC1CN(C)C(C)CC1Nc1ccnc(Cl)c1. The highest BCUT2D eigenvalue weighted by Crippen LogP contribution is 2.24. The summed E-state index contributed by atoms with van der Waals surface area (Å²) in [7, 11) is 2.20. The molecule has 17 heavy (non-hydrogen) atoms. The van der Waals surface area contributed by atoms with Gasteiger partial charge in [-0.05, 0) is 38.4 Å². The fourth-order valence-electron chi connectivity index (χ4n) is 2.45. The second-order valence-corrected chi connectivity index (χ2v) is 5.51. The van der Waals surface area contributed by atoms with Gasteiger partial charge in [-0.2, -0.15) is 0 Å². The third-order valence-electron chi connectivity index (χ3n) is 3.69. The summed E-state index contributed by atoms with van der Waals surface area (Å²) in [5, 5.41) is 4.12. The van der Waals surface area contributed by atoms with Crippen LogP contribution in [0.2, 0.25) is 5.15 Å². The second-order valence-electron chi connectivity index (χ2n) is 5.12. The predicted octanol–water partition coefficient (Wildman–Crippen LogP) is 2.88. The van der Waals surface area contributed by atoms with Crippen molar-refractivity contribution in [3.05, 3.63) is 23.5 Å². The fraction of sp³-hybridized carbons (Fsp3) is 0.615. The minimum atomic E-state index is 0.514. The van der Waals surface area contributed by atoms with E-state index in [1.807, 2.05) is 12.1 Å². The molecule has 0 aliphatic carbocycles. The zero-order valence-corrected chi connectivity index (χ0v) is 11.4. The molecule has 0 saturated carbocycles. The molecular formula is C13H20ClN3. The molecule has 1 aliphatic heterocycles. The van der Waals surface area contributed by atoms with Crippen LogP contribution in [0.1, 0.15) is 20.3 Å². The van der Waals surface area contributed by atoms with Crippen LogP contribution >= 0.6 is 11.6 Å². The van der Waals surface area contributed by atoms with Gasteiger partial charge in [0.1, 0.15) is 5.15 Å². The van der Waals surface area contributed by atoms with E-state index < -0.39 is 0 Å². The van der Waals surface area contributed by atoms with Crippen LogP contribution in [0.25, 0.3) is 0 Å². The Hall–Kier alpha value is -0.800. The van der Waals surface area contributed by atoms with E-state index in [1.165, 1.54) is 0 Å². The number of halogens is 1. The molecule has 1 aromatic heterocycles. The standard InChI is InChI=1S/C13H20ClN3/c1-9-8-17(3)10(2)6-12(9)16-11-4-5-15-13(14)7-11/h4-5,7,9-10,12H,6,8H2,1-3H3,(H,15,16). The van der Waals surface area contributed by atoms with Crippen LogP contribution in [0.3, 0.4) is 0 Å². The number of piperidine rings is 1. The van der Waals surface area contributed by atoms with Crippen molar-refractivity contribution in [2.45, 2.75) is 32.4 Å². The quantitative estimate of drug-likeness (QED) is 0.822. The van der Waals surface area contributed by atoms with Crippen LogP contribution in [0.5, 0.6) is 0 Å². The van der Waals surface area contributed by atoms with Gasteiger partial charge in [0.15, 0.2) is 0 Å². The van der Waals surface area contributed by atoms with Crippen molar-refractivity contribution in [1.29, 1.82) is 0 Å². The molecule has 1 fully saturated rings. The fourth-order valence-corrected chi connectivity index (χ4v) is 2.62. The molecule has 1 saturated heterocycles. The number of anilines is 1. The molecule has 3 unspecified atom stereocenters. The summed E-state index contributed by atoms with van der Waals surface area (Å²) in [4.78, 5) is 6.42. The molecule has 2 rings (SSSR count). The van der Waals surface area contributed by atoms with Gasteiger partial charge in [0, 0.05) is 30.5 Å². The summed E-state index contributed by atoms with van der Waals surface area (Å²) in [6.07, 6.45) is 2.91. The number of hydrogen-bond donors (Lipinski definition) is 1. The summed E-state index contributed by atoms with van der Waals surface area (Å²) in [5.41, 5.74) is 1.07. The smallest absolute Gasteiger partial charge is 0.131 e. The Morgan fingerprint density at radius 1 is 1.47 bits per heavy atom. The van der Waals surface area contributed by atoms with Gasteiger partial charge in [-0.1, -0.05) is 18.5 Å². The normalized spacial score (nSPS) is 30.2. The van der Waals surface area contributed by atoms with E-state index in [0.717, 1.165) is 18.7 Å². The number of likely N-dealkylation sites (tertiary alicyclic amines) is 1. The first-order valence-electron chi connectivity index (χ1n) is 6.14. The maximum absolute atomic E-state index is 5.89. The van der Waals surface area contributed by atoms with E-state index in [0.29, 0.717) is 23.2 Å². The molecule has 3 atom stereocenters. The first-order valence-corrected chi connectivity index (χ1v) is 6.52. The van der Waals surface area contributed by atoms with Crippen molar-refractivity contribution in [2.24, 2.45) is 5.92 Å². The molecule has 1 N–H and O–H groups in total. The van der Waals surface area contributed by atoms with Crippen molar-refractivity contribution in [2.75, 3.05) is 18.9 Å². The molecular weight excluding hydrogens is 234 g/mol. The maximum Gasteiger partial charge on any atom is 0.131 e. The average molecular weight is 254 g/mol. The Morgan fingerprint density at radius 3 is 2.94 bits per heavy atom. The van der Waals surface area contributed by atoms with Crippen LogP contribution in [0.4, 0.5) is 5.69 Å². The Labute approximate surface area is 108 Å². The number of hydrogen-bond acceptors (Lipinski definition) is 3. The van der Waals surface area contributed by atoms with Crippen molar-refractivity contribution >= 4 is 17.3 Å². The molecule has 3 nitrogen and oxygen atoms in total. The van der Waals surface area contributed by atoms with Crippen molar-refractivity contribution in [3.8, 4) is 0 Å².